The van der Waals surface area contributed by atoms with Crippen molar-refractivity contribution in [3.63, 3.8) is 0 Å². The first-order valence-corrected chi connectivity index (χ1v) is 18.4. The summed E-state index contributed by atoms with van der Waals surface area (Å²) in [5.41, 5.74) is 5.40. The quantitative estimate of drug-likeness (QED) is 0.207. The van der Waals surface area contributed by atoms with Crippen LogP contribution in [0.15, 0.2) is 11.6 Å². The molecular formula is C37H62N4O6. The van der Waals surface area contributed by atoms with Gasteiger partial charge in [0.2, 0.25) is 5.91 Å². The van der Waals surface area contributed by atoms with Crippen molar-refractivity contribution in [2.45, 2.75) is 141 Å². The molecule has 0 bridgehead atoms. The van der Waals surface area contributed by atoms with E-state index in [0.717, 1.165) is 51.6 Å². The average molecular weight is 659 g/mol. The van der Waals surface area contributed by atoms with Gasteiger partial charge in [-0.25, -0.2) is 4.79 Å². The fraction of sp³-hybridized carbons (Fsp3) is 0.865. The molecule has 5 fully saturated rings. The van der Waals surface area contributed by atoms with Gasteiger partial charge >= 0.3 is 11.9 Å². The lowest BCUT2D eigenvalue weighted by molar-refractivity contribution is -0.207. The van der Waals surface area contributed by atoms with Gasteiger partial charge in [-0.05, 0) is 109 Å². The number of allylic oxidation sites excluding steroid dienone is 1. The third-order valence-electron chi connectivity index (χ3n) is 12.4. The zero-order valence-corrected chi connectivity index (χ0v) is 30.0. The number of piperidine rings is 1. The minimum absolute atomic E-state index is 0.0784. The summed E-state index contributed by atoms with van der Waals surface area (Å²) in [4.78, 5) is 41.5. The highest BCUT2D eigenvalue weighted by atomic mass is 16.6. The number of rotatable bonds is 12. The van der Waals surface area contributed by atoms with E-state index in [1.54, 1.807) is 13.0 Å². The van der Waals surface area contributed by atoms with Crippen LogP contribution in [0.2, 0.25) is 0 Å². The number of nitrogens with one attached hydrogen (secondary N) is 2. The second kappa shape index (κ2) is 14.9. The van der Waals surface area contributed by atoms with Crippen molar-refractivity contribution in [3.8, 4) is 0 Å². The van der Waals surface area contributed by atoms with Gasteiger partial charge in [-0.3, -0.25) is 9.59 Å². The first kappa shape index (κ1) is 36.3. The van der Waals surface area contributed by atoms with Crippen LogP contribution >= 0.6 is 0 Å². The Morgan fingerprint density at radius 2 is 1.94 bits per heavy atom. The highest BCUT2D eigenvalue weighted by Crippen LogP contribution is 2.55. The van der Waals surface area contributed by atoms with Gasteiger partial charge < -0.3 is 35.5 Å². The molecule has 0 aromatic rings. The molecule has 0 radical (unpaired) electrons. The Morgan fingerprint density at radius 1 is 1.17 bits per heavy atom. The minimum atomic E-state index is -0.934. The largest absolute Gasteiger partial charge is 0.462 e. The van der Waals surface area contributed by atoms with E-state index < -0.39 is 11.2 Å². The van der Waals surface area contributed by atoms with Crippen LogP contribution in [0.4, 0.5) is 0 Å². The van der Waals surface area contributed by atoms with Gasteiger partial charge in [-0.15, -0.1) is 0 Å². The molecule has 47 heavy (non-hydrogen) atoms. The summed E-state index contributed by atoms with van der Waals surface area (Å²) >= 11 is 0. The van der Waals surface area contributed by atoms with Crippen molar-refractivity contribution < 1.29 is 28.6 Å². The van der Waals surface area contributed by atoms with Crippen molar-refractivity contribution in [1.29, 1.82) is 0 Å². The molecule has 1 aliphatic carbocycles. The fourth-order valence-corrected chi connectivity index (χ4v) is 9.29. The number of hydrogen-bond acceptors (Lipinski definition) is 9. The van der Waals surface area contributed by atoms with Gasteiger partial charge in [0, 0.05) is 56.4 Å². The number of hydrogen-bond donors (Lipinski definition) is 3. The summed E-state index contributed by atoms with van der Waals surface area (Å²) in [6.07, 6.45) is 9.11. The Kier molecular flexibility index (Phi) is 11.5. The number of esters is 2. The maximum Gasteiger partial charge on any atom is 0.334 e. The minimum Gasteiger partial charge on any atom is -0.462 e. The third kappa shape index (κ3) is 7.92. The standard InChI is InChI=1S/C37H62N4O6/c1-8-23(4)35(44)47-36(5,6)37(18-26-13-24-10-12-34(43)45-30(24)16-31(26)46-37)17-25-14-32(38)40-20-27(25)15-33(42)41-21-28(19-39-7)29(41)11-9-22(2)3/h8,22,24-32,39-40H,9-21,38H2,1-7H3. The zero-order chi connectivity index (χ0) is 34.1. The second-order valence-electron chi connectivity index (χ2n) is 16.4. The molecular weight excluding hydrogens is 596 g/mol. The van der Waals surface area contributed by atoms with Crippen LogP contribution in [0.1, 0.15) is 106 Å². The van der Waals surface area contributed by atoms with Crippen LogP contribution in [0, 0.1) is 35.5 Å². The predicted molar refractivity (Wildman–Crippen MR) is 181 cm³/mol. The van der Waals surface area contributed by atoms with Crippen LogP contribution in [0.5, 0.6) is 0 Å². The highest BCUT2D eigenvalue weighted by Gasteiger charge is 2.60. The van der Waals surface area contributed by atoms with E-state index in [1.807, 2.05) is 27.8 Å². The van der Waals surface area contributed by atoms with Gasteiger partial charge in [0.05, 0.1) is 12.3 Å². The fourth-order valence-electron chi connectivity index (χ4n) is 9.29. The third-order valence-corrected chi connectivity index (χ3v) is 12.4. The van der Waals surface area contributed by atoms with E-state index in [0.29, 0.717) is 55.6 Å². The molecule has 10 nitrogen and oxygen atoms in total. The number of fused-ring (bicyclic) bond motifs is 2. The summed E-state index contributed by atoms with van der Waals surface area (Å²) in [5.74, 6) is 1.70. The topological polar surface area (TPSA) is 132 Å². The maximum absolute atomic E-state index is 14.0. The van der Waals surface area contributed by atoms with Crippen LogP contribution in [-0.4, -0.2) is 85.0 Å². The summed E-state index contributed by atoms with van der Waals surface area (Å²) in [6.45, 7) is 14.5. The van der Waals surface area contributed by atoms with Crippen LogP contribution in [0.25, 0.3) is 0 Å². The lowest BCUT2D eigenvalue weighted by atomic mass is 9.67. The van der Waals surface area contributed by atoms with Crippen LogP contribution < -0.4 is 16.4 Å². The Balaban J connectivity index is 1.37. The van der Waals surface area contributed by atoms with Gasteiger partial charge in [0.25, 0.3) is 0 Å². The van der Waals surface area contributed by atoms with Gasteiger partial charge in [0.1, 0.15) is 17.3 Å². The SMILES string of the molecule is CC=C(C)C(=O)OC(C)(C)C1(CC2CC(N)NCC2CC(=O)N2CC(CNC)C2CCC(C)C)CC2CC3CCC(=O)OC3CC2O1. The van der Waals surface area contributed by atoms with Crippen molar-refractivity contribution in [1.82, 2.24) is 15.5 Å². The van der Waals surface area contributed by atoms with Crippen molar-refractivity contribution >= 4 is 17.8 Å². The monoisotopic (exact) mass is 658 g/mol. The number of nitrogens with zero attached hydrogens (tertiary/aromatic N) is 1. The van der Waals surface area contributed by atoms with Gasteiger partial charge in [-0.1, -0.05) is 19.9 Å². The van der Waals surface area contributed by atoms with Crippen molar-refractivity contribution in [3.05, 3.63) is 11.6 Å². The van der Waals surface area contributed by atoms with Crippen LogP contribution in [0.3, 0.4) is 0 Å². The average Bonchev–Trinajstić information content (AvgIpc) is 3.36. The Hall–Kier alpha value is -2.01. The predicted octanol–water partition coefficient (Wildman–Crippen LogP) is 4.31. The van der Waals surface area contributed by atoms with Crippen molar-refractivity contribution in [2.24, 2.45) is 41.2 Å². The lowest BCUT2D eigenvalue weighted by Crippen LogP contribution is -2.62. The van der Waals surface area contributed by atoms with E-state index in [9.17, 15) is 14.4 Å². The van der Waals surface area contributed by atoms with Gasteiger partial charge in [0.15, 0.2) is 0 Å². The smallest absolute Gasteiger partial charge is 0.334 e. The second-order valence-corrected chi connectivity index (χ2v) is 16.4. The van der Waals surface area contributed by atoms with Crippen molar-refractivity contribution in [2.75, 3.05) is 26.7 Å². The first-order valence-electron chi connectivity index (χ1n) is 18.4. The molecule has 10 atom stereocenters. The summed E-state index contributed by atoms with van der Waals surface area (Å²) < 4.78 is 19.3. The summed E-state index contributed by atoms with van der Waals surface area (Å²) in [5, 5.41) is 6.78. The number of amides is 1. The lowest BCUT2D eigenvalue weighted by Gasteiger charge is -2.50. The molecule has 1 amide bonds. The molecule has 10 unspecified atom stereocenters. The molecule has 5 aliphatic rings. The Labute approximate surface area is 282 Å². The van der Waals surface area contributed by atoms with E-state index in [2.05, 4.69) is 29.4 Å². The molecule has 10 heteroatoms. The highest BCUT2D eigenvalue weighted by molar-refractivity contribution is 5.88. The molecule has 4 heterocycles. The van der Waals surface area contributed by atoms with Crippen LogP contribution in [-0.2, 0) is 28.6 Å². The molecule has 0 aromatic heterocycles. The number of ether oxygens (including phenoxy) is 3. The number of carbonyl (C=O) groups is 3. The number of nitrogens with two attached hydrogens (primary N) is 1. The Morgan fingerprint density at radius 3 is 2.64 bits per heavy atom. The van der Waals surface area contributed by atoms with E-state index in [-0.39, 0.29) is 60.0 Å². The molecule has 4 aliphatic heterocycles. The van der Waals surface area contributed by atoms with E-state index >= 15 is 0 Å². The number of carbonyl (C=O) groups excluding carboxylic acids is 3. The summed E-state index contributed by atoms with van der Waals surface area (Å²) in [6, 6.07) is 0.285. The molecule has 1 saturated carbocycles. The van der Waals surface area contributed by atoms with E-state index in [4.69, 9.17) is 19.9 Å². The van der Waals surface area contributed by atoms with E-state index in [1.165, 1.54) is 0 Å². The zero-order valence-electron chi connectivity index (χ0n) is 30.0. The Bertz CT molecular complexity index is 1170. The molecule has 0 spiro atoms. The van der Waals surface area contributed by atoms with Gasteiger partial charge in [-0.2, -0.15) is 0 Å². The maximum atomic E-state index is 14.0. The first-order chi connectivity index (χ1) is 22.3. The number of likely N-dealkylation sites (tertiary alicyclic amines) is 1. The molecule has 4 saturated heterocycles. The molecule has 4 N–H and O–H groups in total. The molecule has 0 aromatic carbocycles. The normalized spacial score (nSPS) is 37.6. The molecule has 266 valence electrons. The summed E-state index contributed by atoms with van der Waals surface area (Å²) in [7, 11) is 1.99. The molecule has 5 rings (SSSR count).